The lowest BCUT2D eigenvalue weighted by Crippen LogP contribution is -2.19. The molecule has 0 atom stereocenters. The van der Waals surface area contributed by atoms with Gasteiger partial charge in [0.25, 0.3) is 10.0 Å². The van der Waals surface area contributed by atoms with Crippen LogP contribution < -0.4 is 10.5 Å². The summed E-state index contributed by atoms with van der Waals surface area (Å²) in [6.45, 7) is 0.108. The monoisotopic (exact) mass is 285 g/mol. The van der Waals surface area contributed by atoms with E-state index in [4.69, 9.17) is 5.73 Å². The summed E-state index contributed by atoms with van der Waals surface area (Å²) in [5, 5.41) is 3.22. The van der Waals surface area contributed by atoms with E-state index in [-0.39, 0.29) is 12.4 Å². The second kappa shape index (κ2) is 4.94. The molecule has 0 aromatic carbocycles. The summed E-state index contributed by atoms with van der Waals surface area (Å²) in [5.74, 6) is -0.737. The molecule has 0 radical (unpaired) electrons. The lowest BCUT2D eigenvalue weighted by molar-refractivity contribution is 0.556. The van der Waals surface area contributed by atoms with Gasteiger partial charge in [-0.05, 0) is 12.1 Å². The lowest BCUT2D eigenvalue weighted by Gasteiger charge is -2.09. The average Bonchev–Trinajstić information content (AvgIpc) is 2.70. The number of rotatable bonds is 4. The number of hydrogen-bond donors (Lipinski definition) is 2. The maximum Gasteiger partial charge on any atom is 0.283 e. The van der Waals surface area contributed by atoms with Crippen molar-refractivity contribution in [3.05, 3.63) is 35.9 Å². The van der Waals surface area contributed by atoms with Gasteiger partial charge in [0.15, 0.2) is 5.82 Å². The highest BCUT2D eigenvalue weighted by atomic mass is 32.2. The molecule has 7 nitrogen and oxygen atoms in total. The molecule has 9 heteroatoms. The Morgan fingerprint density at radius 2 is 2.26 bits per heavy atom. The number of nitrogens with two attached hydrogens (primary N) is 1. The standard InChI is InChI=1S/C10H12FN5O2S/c1-16-9(7(5-12)6-14-16)15-19(17,18)10-8(11)3-2-4-13-10/h2-4,6,15H,5,12H2,1H3. The number of hydrogen-bond acceptors (Lipinski definition) is 5. The summed E-state index contributed by atoms with van der Waals surface area (Å²) in [7, 11) is -2.57. The van der Waals surface area contributed by atoms with Crippen molar-refractivity contribution in [2.75, 3.05) is 4.72 Å². The molecule has 0 fully saturated rings. The molecule has 3 N–H and O–H groups in total. The number of anilines is 1. The summed E-state index contributed by atoms with van der Waals surface area (Å²) in [5.41, 5.74) is 5.98. The van der Waals surface area contributed by atoms with Crippen LogP contribution in [0.25, 0.3) is 0 Å². The van der Waals surface area contributed by atoms with E-state index in [1.807, 2.05) is 0 Å². The lowest BCUT2D eigenvalue weighted by atomic mass is 10.3. The Kier molecular flexibility index (Phi) is 3.49. The topological polar surface area (TPSA) is 103 Å². The molecule has 0 bridgehead atoms. The van der Waals surface area contributed by atoms with E-state index in [0.29, 0.717) is 5.56 Å². The van der Waals surface area contributed by atoms with E-state index in [2.05, 4.69) is 14.8 Å². The maximum atomic E-state index is 13.5. The molecule has 102 valence electrons. The second-order valence-electron chi connectivity index (χ2n) is 3.74. The van der Waals surface area contributed by atoms with Gasteiger partial charge in [0.2, 0.25) is 5.03 Å². The van der Waals surface area contributed by atoms with Crippen LogP contribution in [-0.2, 0) is 23.6 Å². The zero-order chi connectivity index (χ0) is 14.0. The van der Waals surface area contributed by atoms with Crippen LogP contribution in [0, 0.1) is 5.82 Å². The van der Waals surface area contributed by atoms with E-state index in [1.54, 1.807) is 7.05 Å². The van der Waals surface area contributed by atoms with Gasteiger partial charge in [0.1, 0.15) is 5.82 Å². The van der Waals surface area contributed by atoms with E-state index < -0.39 is 20.9 Å². The van der Waals surface area contributed by atoms with Crippen LogP contribution in [0.15, 0.2) is 29.6 Å². The van der Waals surface area contributed by atoms with Gasteiger partial charge in [0.05, 0.1) is 6.20 Å². The van der Waals surface area contributed by atoms with Gasteiger partial charge in [0, 0.05) is 25.4 Å². The van der Waals surface area contributed by atoms with Gasteiger partial charge in [-0.1, -0.05) is 0 Å². The minimum atomic E-state index is -4.12. The largest absolute Gasteiger partial charge is 0.326 e. The fourth-order valence-electron chi connectivity index (χ4n) is 1.51. The number of sulfonamides is 1. The van der Waals surface area contributed by atoms with Crippen LogP contribution in [-0.4, -0.2) is 23.2 Å². The second-order valence-corrected chi connectivity index (χ2v) is 5.34. The average molecular weight is 285 g/mol. The smallest absolute Gasteiger partial charge is 0.283 e. The summed E-state index contributed by atoms with van der Waals surface area (Å²) in [6, 6.07) is 2.33. The molecular formula is C10H12FN5O2S. The zero-order valence-corrected chi connectivity index (χ0v) is 10.9. The Morgan fingerprint density at radius 1 is 1.53 bits per heavy atom. The quantitative estimate of drug-likeness (QED) is 0.836. The number of aromatic nitrogens is 3. The number of nitrogens with zero attached hydrogens (tertiary/aromatic N) is 3. The number of halogens is 1. The normalized spacial score (nSPS) is 11.5. The van der Waals surface area contributed by atoms with Crippen LogP contribution in [0.3, 0.4) is 0 Å². The van der Waals surface area contributed by atoms with Crippen molar-refractivity contribution in [1.29, 1.82) is 0 Å². The highest BCUT2D eigenvalue weighted by Gasteiger charge is 2.23. The molecule has 2 aromatic rings. The van der Waals surface area contributed by atoms with Crippen molar-refractivity contribution in [2.24, 2.45) is 12.8 Å². The van der Waals surface area contributed by atoms with E-state index in [1.165, 1.54) is 23.1 Å². The summed E-state index contributed by atoms with van der Waals surface area (Å²) in [4.78, 5) is 3.53. The summed E-state index contributed by atoms with van der Waals surface area (Å²) < 4.78 is 41.1. The predicted molar refractivity (Wildman–Crippen MR) is 66.1 cm³/mol. The first-order valence-electron chi connectivity index (χ1n) is 5.30. The molecule has 2 rings (SSSR count). The third-order valence-corrected chi connectivity index (χ3v) is 3.72. The van der Waals surface area contributed by atoms with E-state index in [9.17, 15) is 12.8 Å². The summed E-state index contributed by atoms with van der Waals surface area (Å²) >= 11 is 0. The fraction of sp³-hybridized carbons (Fsp3) is 0.200. The SMILES string of the molecule is Cn1ncc(CN)c1NS(=O)(=O)c1ncccc1F. The van der Waals surface area contributed by atoms with Gasteiger partial charge in [-0.25, -0.2) is 9.37 Å². The molecule has 0 saturated heterocycles. The van der Waals surface area contributed by atoms with Crippen molar-refractivity contribution in [3.8, 4) is 0 Å². The Hall–Kier alpha value is -2.00. The van der Waals surface area contributed by atoms with E-state index in [0.717, 1.165) is 6.07 Å². The Morgan fingerprint density at radius 3 is 2.89 bits per heavy atom. The number of pyridine rings is 1. The highest BCUT2D eigenvalue weighted by molar-refractivity contribution is 7.92. The first-order valence-corrected chi connectivity index (χ1v) is 6.78. The minimum absolute atomic E-state index is 0.108. The van der Waals surface area contributed by atoms with Gasteiger partial charge < -0.3 is 5.73 Å². The maximum absolute atomic E-state index is 13.5. The molecule has 0 aliphatic carbocycles. The third-order valence-electron chi connectivity index (χ3n) is 2.44. The molecule has 0 amide bonds. The van der Waals surface area contributed by atoms with Crippen LogP contribution in [0.2, 0.25) is 0 Å². The first-order chi connectivity index (χ1) is 8.95. The van der Waals surface area contributed by atoms with Crippen molar-refractivity contribution >= 4 is 15.8 Å². The van der Waals surface area contributed by atoms with Crippen molar-refractivity contribution in [3.63, 3.8) is 0 Å². The van der Waals surface area contributed by atoms with Crippen molar-refractivity contribution < 1.29 is 12.8 Å². The van der Waals surface area contributed by atoms with Crippen molar-refractivity contribution in [2.45, 2.75) is 11.6 Å². The first kappa shape index (κ1) is 13.4. The van der Waals surface area contributed by atoms with Gasteiger partial charge in [-0.2, -0.15) is 13.5 Å². The van der Waals surface area contributed by atoms with Crippen LogP contribution in [0.4, 0.5) is 10.2 Å². The Bertz CT molecular complexity index is 698. The molecular weight excluding hydrogens is 273 g/mol. The van der Waals surface area contributed by atoms with Crippen LogP contribution in [0.1, 0.15) is 5.56 Å². The molecule has 0 spiro atoms. The molecule has 2 heterocycles. The summed E-state index contributed by atoms with van der Waals surface area (Å²) in [6.07, 6.45) is 2.64. The van der Waals surface area contributed by atoms with Crippen molar-refractivity contribution in [1.82, 2.24) is 14.8 Å². The van der Waals surface area contributed by atoms with Gasteiger partial charge >= 0.3 is 0 Å². The van der Waals surface area contributed by atoms with E-state index >= 15 is 0 Å². The predicted octanol–water partition coefficient (Wildman–Crippen LogP) is 0.214. The third kappa shape index (κ3) is 2.56. The highest BCUT2D eigenvalue weighted by Crippen LogP contribution is 2.19. The molecule has 19 heavy (non-hydrogen) atoms. The number of nitrogens with one attached hydrogen (secondary N) is 1. The molecule has 2 aromatic heterocycles. The molecule has 0 aliphatic heterocycles. The zero-order valence-electron chi connectivity index (χ0n) is 10.0. The molecule has 0 aliphatic rings. The Labute approximate surface area is 109 Å². The fourth-order valence-corrected chi connectivity index (χ4v) is 2.65. The Balaban J connectivity index is 2.43. The van der Waals surface area contributed by atoms with Crippen LogP contribution >= 0.6 is 0 Å². The van der Waals surface area contributed by atoms with Gasteiger partial charge in [-0.15, -0.1) is 0 Å². The molecule has 0 unspecified atom stereocenters. The molecule has 0 saturated carbocycles. The van der Waals surface area contributed by atoms with Crippen LogP contribution in [0.5, 0.6) is 0 Å². The van der Waals surface area contributed by atoms with Gasteiger partial charge in [-0.3, -0.25) is 9.40 Å². The number of aryl methyl sites for hydroxylation is 1. The minimum Gasteiger partial charge on any atom is -0.326 e.